The largest absolute Gasteiger partial charge is 0.288 e. The highest BCUT2D eigenvalue weighted by Gasteiger charge is 2.15. The average molecular weight is 283 g/mol. The molecule has 0 fully saturated rings. The Kier molecular flexibility index (Phi) is 2.87. The average Bonchev–Trinajstić information content (AvgIpc) is 2.67. The minimum absolute atomic E-state index is 0.0439. The Morgan fingerprint density at radius 1 is 1.50 bits per heavy atom. The maximum absolute atomic E-state index is 13.4. The summed E-state index contributed by atoms with van der Waals surface area (Å²) in [5.74, 6) is -0.899. The van der Waals surface area contributed by atoms with Gasteiger partial charge in [0.15, 0.2) is 5.78 Å². The fourth-order valence-electron chi connectivity index (χ4n) is 1.37. The second kappa shape index (κ2) is 4.17. The number of nitrogens with zero attached hydrogens (tertiary/aromatic N) is 2. The zero-order valence-electron chi connectivity index (χ0n) is 8.45. The van der Waals surface area contributed by atoms with Gasteiger partial charge in [0.1, 0.15) is 5.82 Å². The molecule has 0 N–H and O–H groups in total. The van der Waals surface area contributed by atoms with E-state index in [1.807, 2.05) is 0 Å². The van der Waals surface area contributed by atoms with Crippen molar-refractivity contribution in [3.63, 3.8) is 0 Å². The number of aryl methyl sites for hydroxylation is 1. The highest BCUT2D eigenvalue weighted by molar-refractivity contribution is 9.10. The van der Waals surface area contributed by atoms with Crippen LogP contribution in [0.25, 0.3) is 0 Å². The Morgan fingerprint density at radius 3 is 2.88 bits per heavy atom. The zero-order chi connectivity index (χ0) is 11.7. The molecule has 0 spiro atoms. The van der Waals surface area contributed by atoms with Gasteiger partial charge >= 0.3 is 0 Å². The van der Waals surface area contributed by atoms with Crippen molar-refractivity contribution in [2.75, 3.05) is 0 Å². The summed E-state index contributed by atoms with van der Waals surface area (Å²) < 4.78 is 15.6. The summed E-state index contributed by atoms with van der Waals surface area (Å²) in [6.07, 6.45) is 2.98. The van der Waals surface area contributed by atoms with Crippen LogP contribution < -0.4 is 0 Å². The van der Waals surface area contributed by atoms with Gasteiger partial charge in [-0.1, -0.05) is 15.9 Å². The Bertz CT molecular complexity index is 551. The maximum Gasteiger partial charge on any atom is 0.199 e. The number of halogens is 2. The predicted octanol–water partition coefficient (Wildman–Crippen LogP) is 2.55. The number of benzene rings is 1. The number of ketones is 1. The normalized spacial score (nSPS) is 10.4. The molecule has 2 aromatic rings. The number of hydrogen-bond acceptors (Lipinski definition) is 2. The molecule has 16 heavy (non-hydrogen) atoms. The summed E-state index contributed by atoms with van der Waals surface area (Å²) >= 11 is 3.20. The molecular weight excluding hydrogens is 275 g/mol. The van der Waals surface area contributed by atoms with Crippen molar-refractivity contribution in [2.24, 2.45) is 7.05 Å². The van der Waals surface area contributed by atoms with Crippen LogP contribution in [-0.2, 0) is 7.05 Å². The second-order valence-electron chi connectivity index (χ2n) is 3.36. The molecule has 0 amide bonds. The molecule has 0 bridgehead atoms. The van der Waals surface area contributed by atoms with Gasteiger partial charge in [-0.25, -0.2) is 4.39 Å². The van der Waals surface area contributed by atoms with E-state index in [-0.39, 0.29) is 11.3 Å². The van der Waals surface area contributed by atoms with Crippen LogP contribution in [0.15, 0.2) is 35.1 Å². The van der Waals surface area contributed by atoms with Crippen LogP contribution >= 0.6 is 15.9 Å². The third kappa shape index (κ3) is 2.04. The summed E-state index contributed by atoms with van der Waals surface area (Å²) in [7, 11) is 1.70. The van der Waals surface area contributed by atoms with E-state index in [2.05, 4.69) is 21.0 Å². The molecule has 0 saturated heterocycles. The number of carbonyl (C=O) groups is 1. The monoisotopic (exact) mass is 282 g/mol. The van der Waals surface area contributed by atoms with Crippen LogP contribution in [0.1, 0.15) is 15.9 Å². The smallest absolute Gasteiger partial charge is 0.199 e. The maximum atomic E-state index is 13.4. The molecule has 0 radical (unpaired) electrons. The lowest BCUT2D eigenvalue weighted by Crippen LogP contribution is -2.03. The van der Waals surface area contributed by atoms with Crippen molar-refractivity contribution < 1.29 is 9.18 Å². The third-order valence-corrected chi connectivity index (χ3v) is 2.63. The lowest BCUT2D eigenvalue weighted by atomic mass is 10.1. The van der Waals surface area contributed by atoms with E-state index in [4.69, 9.17) is 0 Å². The van der Waals surface area contributed by atoms with E-state index in [9.17, 15) is 9.18 Å². The highest BCUT2D eigenvalue weighted by Crippen LogP contribution is 2.18. The van der Waals surface area contributed by atoms with E-state index in [1.54, 1.807) is 19.3 Å². The molecule has 0 aliphatic rings. The molecule has 0 aliphatic heterocycles. The van der Waals surface area contributed by atoms with E-state index in [0.717, 1.165) is 0 Å². The van der Waals surface area contributed by atoms with Gasteiger partial charge in [-0.2, -0.15) is 5.10 Å². The fraction of sp³-hybridized carbons (Fsp3) is 0.0909. The van der Waals surface area contributed by atoms with Gasteiger partial charge in [0.25, 0.3) is 0 Å². The van der Waals surface area contributed by atoms with E-state index in [0.29, 0.717) is 10.0 Å². The van der Waals surface area contributed by atoms with E-state index < -0.39 is 5.82 Å². The van der Waals surface area contributed by atoms with E-state index >= 15 is 0 Å². The standard InChI is InChI=1S/C11H8BrFN2O/c1-15-6-7(5-14-15)11(16)9-4-8(12)2-3-10(9)13/h2-6H,1H3. The highest BCUT2D eigenvalue weighted by atomic mass is 79.9. The molecule has 3 nitrogen and oxygen atoms in total. The van der Waals surface area contributed by atoms with Crippen LogP contribution in [0.3, 0.4) is 0 Å². The molecule has 5 heteroatoms. The molecule has 0 saturated carbocycles. The number of hydrogen-bond donors (Lipinski definition) is 0. The van der Waals surface area contributed by atoms with Crippen LogP contribution in [0.5, 0.6) is 0 Å². The predicted molar refractivity (Wildman–Crippen MR) is 60.7 cm³/mol. The Balaban J connectivity index is 2.45. The molecular formula is C11H8BrFN2O. The van der Waals surface area contributed by atoms with Gasteiger partial charge in [-0.05, 0) is 18.2 Å². The number of aromatic nitrogens is 2. The molecule has 0 atom stereocenters. The van der Waals surface area contributed by atoms with Gasteiger partial charge in [0.2, 0.25) is 0 Å². The van der Waals surface area contributed by atoms with Crippen molar-refractivity contribution in [3.8, 4) is 0 Å². The van der Waals surface area contributed by atoms with Crippen LogP contribution in [0.4, 0.5) is 4.39 Å². The topological polar surface area (TPSA) is 34.9 Å². The van der Waals surface area contributed by atoms with Crippen LogP contribution in [-0.4, -0.2) is 15.6 Å². The molecule has 0 aliphatic carbocycles. The van der Waals surface area contributed by atoms with Gasteiger partial charge in [0, 0.05) is 17.7 Å². The zero-order valence-corrected chi connectivity index (χ0v) is 10.0. The lowest BCUT2D eigenvalue weighted by Gasteiger charge is -2.00. The first-order chi connectivity index (χ1) is 7.58. The van der Waals surface area contributed by atoms with Crippen molar-refractivity contribution in [1.29, 1.82) is 0 Å². The minimum atomic E-state index is -0.531. The van der Waals surface area contributed by atoms with Gasteiger partial charge in [-0.3, -0.25) is 9.48 Å². The summed E-state index contributed by atoms with van der Waals surface area (Å²) in [5.41, 5.74) is 0.418. The first kappa shape index (κ1) is 11.0. The number of rotatable bonds is 2. The summed E-state index contributed by atoms with van der Waals surface area (Å²) in [4.78, 5) is 11.9. The van der Waals surface area contributed by atoms with Gasteiger partial charge in [-0.15, -0.1) is 0 Å². The molecule has 82 valence electrons. The SMILES string of the molecule is Cn1cc(C(=O)c2cc(Br)ccc2F)cn1. The Labute approximate surface area is 100 Å². The molecule has 1 aromatic carbocycles. The van der Waals surface area contributed by atoms with Gasteiger partial charge in [0.05, 0.1) is 17.3 Å². The van der Waals surface area contributed by atoms with Crippen LogP contribution in [0, 0.1) is 5.82 Å². The van der Waals surface area contributed by atoms with E-state index in [1.165, 1.54) is 23.0 Å². The van der Waals surface area contributed by atoms with Gasteiger partial charge < -0.3 is 0 Å². The summed E-state index contributed by atoms with van der Waals surface area (Å²) in [6, 6.07) is 4.27. The second-order valence-corrected chi connectivity index (χ2v) is 4.27. The van der Waals surface area contributed by atoms with Crippen molar-refractivity contribution in [1.82, 2.24) is 9.78 Å². The van der Waals surface area contributed by atoms with Crippen molar-refractivity contribution >= 4 is 21.7 Å². The molecule has 2 rings (SSSR count). The quantitative estimate of drug-likeness (QED) is 0.794. The molecule has 0 unspecified atom stereocenters. The fourth-order valence-corrected chi connectivity index (χ4v) is 1.73. The van der Waals surface area contributed by atoms with Crippen LogP contribution in [0.2, 0.25) is 0 Å². The Hall–Kier alpha value is -1.49. The summed E-state index contributed by atoms with van der Waals surface area (Å²) in [5, 5.41) is 3.88. The third-order valence-electron chi connectivity index (χ3n) is 2.14. The van der Waals surface area contributed by atoms with Crippen molar-refractivity contribution in [2.45, 2.75) is 0 Å². The minimum Gasteiger partial charge on any atom is -0.288 e. The lowest BCUT2D eigenvalue weighted by molar-refractivity contribution is 0.103. The molecule has 1 aromatic heterocycles. The summed E-state index contributed by atoms with van der Waals surface area (Å²) in [6.45, 7) is 0. The number of carbonyl (C=O) groups excluding carboxylic acids is 1. The van der Waals surface area contributed by atoms with Crippen molar-refractivity contribution in [3.05, 3.63) is 52.0 Å². The Morgan fingerprint density at radius 2 is 2.25 bits per heavy atom. The molecule has 1 heterocycles. The first-order valence-corrected chi connectivity index (χ1v) is 5.35. The first-order valence-electron chi connectivity index (χ1n) is 4.56.